The molecule has 0 aliphatic carbocycles. The lowest BCUT2D eigenvalue weighted by Gasteiger charge is -2.16. The van der Waals surface area contributed by atoms with Gasteiger partial charge in [0, 0.05) is 17.5 Å². The van der Waals surface area contributed by atoms with E-state index in [1.165, 1.54) is 5.56 Å². The number of anilines is 1. The molecule has 0 spiro atoms. The van der Waals surface area contributed by atoms with E-state index in [4.69, 9.17) is 28.2 Å². The Morgan fingerprint density at radius 3 is 2.46 bits per heavy atom. The molecule has 3 rings (SSSR count). The van der Waals surface area contributed by atoms with E-state index in [2.05, 4.69) is 36.5 Å². The second-order valence-electron chi connectivity index (χ2n) is 6.51. The quantitative estimate of drug-likeness (QED) is 0.515. The van der Waals surface area contributed by atoms with Crippen molar-refractivity contribution in [2.24, 2.45) is 0 Å². The van der Waals surface area contributed by atoms with Crippen molar-refractivity contribution in [2.45, 2.75) is 19.9 Å². The standard InChI is InChI=1S/C21H21Cl2N3OS/c1-3-14-7-9-15(10-8-14)21-24-16(13-28-21)11-26(2)12-19(27)25-20-17(22)5-4-6-18(20)23/h4-10,13H,3,11-12H2,1-2H3,(H,25,27). The summed E-state index contributed by atoms with van der Waals surface area (Å²) in [6.07, 6.45) is 1.02. The maximum absolute atomic E-state index is 12.3. The van der Waals surface area contributed by atoms with Gasteiger partial charge >= 0.3 is 0 Å². The minimum atomic E-state index is -0.178. The number of para-hydroxylation sites is 1. The van der Waals surface area contributed by atoms with E-state index >= 15 is 0 Å². The maximum atomic E-state index is 12.3. The molecule has 0 unspecified atom stereocenters. The summed E-state index contributed by atoms with van der Waals surface area (Å²) >= 11 is 13.8. The summed E-state index contributed by atoms with van der Waals surface area (Å²) < 4.78 is 0. The van der Waals surface area contributed by atoms with Crippen LogP contribution in [0.25, 0.3) is 10.6 Å². The topological polar surface area (TPSA) is 45.2 Å². The lowest BCUT2D eigenvalue weighted by molar-refractivity contribution is -0.117. The summed E-state index contributed by atoms with van der Waals surface area (Å²) in [5.41, 5.74) is 3.80. The third-order valence-corrected chi connectivity index (χ3v) is 5.80. The van der Waals surface area contributed by atoms with Crippen LogP contribution in [-0.4, -0.2) is 29.4 Å². The van der Waals surface area contributed by atoms with Gasteiger partial charge in [-0.25, -0.2) is 4.98 Å². The molecule has 1 aromatic heterocycles. The Bertz CT molecular complexity index is 936. The second-order valence-corrected chi connectivity index (χ2v) is 8.18. The van der Waals surface area contributed by atoms with E-state index in [1.807, 2.05) is 17.3 Å². The molecule has 0 radical (unpaired) electrons. The number of aryl methyl sites for hydroxylation is 1. The second kappa shape index (κ2) is 9.52. The molecule has 0 aliphatic heterocycles. The number of amides is 1. The van der Waals surface area contributed by atoms with Crippen LogP contribution in [0, 0.1) is 0 Å². The number of nitrogens with one attached hydrogen (secondary N) is 1. The van der Waals surface area contributed by atoms with Crippen LogP contribution in [0.2, 0.25) is 10.0 Å². The number of hydrogen-bond donors (Lipinski definition) is 1. The summed E-state index contributed by atoms with van der Waals surface area (Å²) in [7, 11) is 1.88. The van der Waals surface area contributed by atoms with E-state index < -0.39 is 0 Å². The fourth-order valence-corrected chi connectivity index (χ4v) is 4.08. The minimum Gasteiger partial charge on any atom is -0.322 e. The Balaban J connectivity index is 1.58. The maximum Gasteiger partial charge on any atom is 0.238 e. The van der Waals surface area contributed by atoms with E-state index in [9.17, 15) is 4.79 Å². The minimum absolute atomic E-state index is 0.178. The SMILES string of the molecule is CCc1ccc(-c2nc(CN(C)CC(=O)Nc3c(Cl)cccc3Cl)cs2)cc1. The molecule has 0 aliphatic rings. The number of benzene rings is 2. The highest BCUT2D eigenvalue weighted by molar-refractivity contribution is 7.13. The lowest BCUT2D eigenvalue weighted by Crippen LogP contribution is -2.30. The van der Waals surface area contributed by atoms with Crippen molar-refractivity contribution in [1.29, 1.82) is 0 Å². The van der Waals surface area contributed by atoms with Crippen molar-refractivity contribution in [3.8, 4) is 10.6 Å². The molecule has 28 heavy (non-hydrogen) atoms. The first kappa shape index (κ1) is 20.8. The molecule has 1 N–H and O–H groups in total. The van der Waals surface area contributed by atoms with Crippen LogP contribution in [-0.2, 0) is 17.8 Å². The summed E-state index contributed by atoms with van der Waals surface area (Å²) in [6.45, 7) is 2.93. The molecule has 146 valence electrons. The molecule has 0 bridgehead atoms. The summed E-state index contributed by atoms with van der Waals surface area (Å²) in [6, 6.07) is 13.6. The van der Waals surface area contributed by atoms with E-state index in [0.29, 0.717) is 22.3 Å². The van der Waals surface area contributed by atoms with Crippen LogP contribution >= 0.6 is 34.5 Å². The van der Waals surface area contributed by atoms with Gasteiger partial charge in [0.05, 0.1) is 28.0 Å². The third kappa shape index (κ3) is 5.32. The Morgan fingerprint density at radius 1 is 1.14 bits per heavy atom. The van der Waals surface area contributed by atoms with Crippen LogP contribution in [0.1, 0.15) is 18.2 Å². The normalized spacial score (nSPS) is 11.0. The first-order valence-corrected chi connectivity index (χ1v) is 10.6. The number of hydrogen-bond acceptors (Lipinski definition) is 4. The summed E-state index contributed by atoms with van der Waals surface area (Å²) in [5.74, 6) is -0.178. The molecule has 1 heterocycles. The molecule has 3 aromatic rings. The van der Waals surface area contributed by atoms with Crippen LogP contribution in [0.4, 0.5) is 5.69 Å². The largest absolute Gasteiger partial charge is 0.322 e. The fraction of sp³-hybridized carbons (Fsp3) is 0.238. The van der Waals surface area contributed by atoms with Gasteiger partial charge in [0.1, 0.15) is 5.01 Å². The number of carbonyl (C=O) groups excluding carboxylic acids is 1. The fourth-order valence-electron chi connectivity index (χ4n) is 2.77. The third-order valence-electron chi connectivity index (χ3n) is 4.23. The van der Waals surface area contributed by atoms with Crippen molar-refractivity contribution in [3.63, 3.8) is 0 Å². The highest BCUT2D eigenvalue weighted by Crippen LogP contribution is 2.29. The summed E-state index contributed by atoms with van der Waals surface area (Å²) in [4.78, 5) is 18.9. The van der Waals surface area contributed by atoms with Gasteiger partial charge in [-0.1, -0.05) is 60.5 Å². The number of thiazole rings is 1. The number of likely N-dealkylation sites (N-methyl/N-ethyl adjacent to an activating group) is 1. The molecule has 4 nitrogen and oxygen atoms in total. The van der Waals surface area contributed by atoms with Crippen molar-refractivity contribution < 1.29 is 4.79 Å². The van der Waals surface area contributed by atoms with Gasteiger partial charge in [-0.2, -0.15) is 0 Å². The van der Waals surface area contributed by atoms with Gasteiger partial charge in [-0.05, 0) is 31.2 Å². The van der Waals surface area contributed by atoms with Gasteiger partial charge in [0.2, 0.25) is 5.91 Å². The smallest absolute Gasteiger partial charge is 0.238 e. The van der Waals surface area contributed by atoms with Crippen molar-refractivity contribution in [2.75, 3.05) is 18.9 Å². The average molecular weight is 434 g/mol. The summed E-state index contributed by atoms with van der Waals surface area (Å²) in [5, 5.41) is 6.63. The Labute approximate surface area is 179 Å². The highest BCUT2D eigenvalue weighted by Gasteiger charge is 2.13. The molecule has 1 amide bonds. The Hall–Kier alpha value is -1.92. The molecular weight excluding hydrogens is 413 g/mol. The molecule has 7 heteroatoms. The monoisotopic (exact) mass is 433 g/mol. The van der Waals surface area contributed by atoms with E-state index in [-0.39, 0.29) is 12.5 Å². The predicted molar refractivity (Wildman–Crippen MR) is 118 cm³/mol. The number of aromatic nitrogens is 1. The van der Waals surface area contributed by atoms with Gasteiger partial charge < -0.3 is 5.32 Å². The zero-order chi connectivity index (χ0) is 20.1. The van der Waals surface area contributed by atoms with Crippen LogP contribution in [0.15, 0.2) is 47.8 Å². The van der Waals surface area contributed by atoms with Crippen molar-refractivity contribution >= 4 is 46.1 Å². The van der Waals surface area contributed by atoms with Crippen LogP contribution < -0.4 is 5.32 Å². The molecule has 0 fully saturated rings. The average Bonchev–Trinajstić information content (AvgIpc) is 3.13. The number of carbonyl (C=O) groups is 1. The van der Waals surface area contributed by atoms with Gasteiger partial charge in [0.25, 0.3) is 0 Å². The Kier molecular flexibility index (Phi) is 7.08. The van der Waals surface area contributed by atoms with Crippen LogP contribution in [0.3, 0.4) is 0 Å². The molecule has 0 atom stereocenters. The first-order valence-electron chi connectivity index (χ1n) is 8.92. The lowest BCUT2D eigenvalue weighted by atomic mass is 10.1. The molecular formula is C21H21Cl2N3OS. The Morgan fingerprint density at radius 2 is 1.82 bits per heavy atom. The van der Waals surface area contributed by atoms with Gasteiger partial charge in [-0.3, -0.25) is 9.69 Å². The van der Waals surface area contributed by atoms with Crippen molar-refractivity contribution in [3.05, 3.63) is 69.1 Å². The van der Waals surface area contributed by atoms with E-state index in [0.717, 1.165) is 22.7 Å². The van der Waals surface area contributed by atoms with Crippen molar-refractivity contribution in [1.82, 2.24) is 9.88 Å². The highest BCUT2D eigenvalue weighted by atomic mass is 35.5. The number of rotatable bonds is 7. The number of nitrogens with zero attached hydrogens (tertiary/aromatic N) is 2. The van der Waals surface area contributed by atoms with E-state index in [1.54, 1.807) is 29.5 Å². The zero-order valence-electron chi connectivity index (χ0n) is 15.7. The van der Waals surface area contributed by atoms with Gasteiger partial charge in [0.15, 0.2) is 0 Å². The molecule has 0 saturated carbocycles. The zero-order valence-corrected chi connectivity index (χ0v) is 18.0. The van der Waals surface area contributed by atoms with Crippen LogP contribution in [0.5, 0.6) is 0 Å². The number of halogens is 2. The first-order chi connectivity index (χ1) is 13.5. The molecule has 0 saturated heterocycles. The van der Waals surface area contributed by atoms with Gasteiger partial charge in [-0.15, -0.1) is 11.3 Å². The predicted octanol–water partition coefficient (Wildman–Crippen LogP) is 5.75. The molecule has 2 aromatic carbocycles.